The molecule has 0 unspecified atom stereocenters. The fourth-order valence-corrected chi connectivity index (χ4v) is 5.24. The van der Waals surface area contributed by atoms with Crippen molar-refractivity contribution in [1.29, 1.82) is 0 Å². The molecule has 0 aromatic heterocycles. The first-order chi connectivity index (χ1) is 16.8. The van der Waals surface area contributed by atoms with Crippen LogP contribution in [0, 0.1) is 17.8 Å². The smallest absolute Gasteiger partial charge is 0.409 e. The number of piperidine rings is 1. The number of nitrogens with zero attached hydrogens (tertiary/aromatic N) is 1. The van der Waals surface area contributed by atoms with E-state index >= 15 is 0 Å². The van der Waals surface area contributed by atoms with E-state index in [1.54, 1.807) is 4.90 Å². The topological polar surface area (TPSA) is 119 Å². The lowest BCUT2D eigenvalue weighted by atomic mass is 9.66. The molecule has 0 spiro atoms. The summed E-state index contributed by atoms with van der Waals surface area (Å²) in [6.45, 7) is 0.827. The van der Waals surface area contributed by atoms with E-state index in [0.717, 1.165) is 0 Å². The lowest BCUT2D eigenvalue weighted by Gasteiger charge is -2.48. The molecule has 0 radical (unpaired) electrons. The quantitative estimate of drug-likeness (QED) is 0.411. The van der Waals surface area contributed by atoms with Gasteiger partial charge in [0.2, 0.25) is 5.75 Å². The monoisotopic (exact) mass is 495 g/mol. The Morgan fingerprint density at radius 2 is 1.57 bits per heavy atom. The molecular weight excluding hydrogens is 462 g/mol. The van der Waals surface area contributed by atoms with Crippen LogP contribution < -0.4 is 14.2 Å². The van der Waals surface area contributed by atoms with Gasteiger partial charge in [0, 0.05) is 20.2 Å². The molecule has 1 saturated heterocycles. The number of carbonyl (C=O) groups excluding carboxylic acids is 3. The van der Waals surface area contributed by atoms with Crippen molar-refractivity contribution in [3.8, 4) is 17.2 Å². The molecule has 3 rings (SSSR count). The van der Waals surface area contributed by atoms with Gasteiger partial charge in [-0.25, -0.2) is 9.59 Å². The van der Waals surface area contributed by atoms with Crippen LogP contribution in [-0.2, 0) is 23.7 Å². The fourth-order valence-electron chi connectivity index (χ4n) is 5.24. The molecule has 1 saturated carbocycles. The number of ether oxygens (including phenoxy) is 7. The summed E-state index contributed by atoms with van der Waals surface area (Å²) < 4.78 is 37.5. The normalized spacial score (nSPS) is 25.7. The molecule has 1 aliphatic heterocycles. The average Bonchev–Trinajstić information content (AvgIpc) is 2.89. The number of rotatable bonds is 7. The summed E-state index contributed by atoms with van der Waals surface area (Å²) in [6.07, 6.45) is -0.917. The number of carbonyl (C=O) groups is 3. The molecule has 11 heteroatoms. The summed E-state index contributed by atoms with van der Waals surface area (Å²) in [7, 11) is 8.49. The van der Waals surface area contributed by atoms with E-state index in [9.17, 15) is 14.4 Å². The van der Waals surface area contributed by atoms with Crippen LogP contribution in [0.1, 0.15) is 23.2 Å². The molecule has 11 nitrogen and oxygen atoms in total. The van der Waals surface area contributed by atoms with Gasteiger partial charge < -0.3 is 38.1 Å². The first-order valence-electron chi connectivity index (χ1n) is 11.3. The zero-order valence-electron chi connectivity index (χ0n) is 20.9. The minimum absolute atomic E-state index is 0.0931. The molecule has 1 aromatic carbocycles. The number of amides is 1. The van der Waals surface area contributed by atoms with Gasteiger partial charge in [-0.3, -0.25) is 4.79 Å². The third-order valence-corrected chi connectivity index (χ3v) is 6.85. The predicted molar refractivity (Wildman–Crippen MR) is 122 cm³/mol. The Labute approximate surface area is 204 Å². The van der Waals surface area contributed by atoms with Gasteiger partial charge >= 0.3 is 18.0 Å². The van der Waals surface area contributed by atoms with Crippen LogP contribution in [0.15, 0.2) is 12.1 Å². The highest BCUT2D eigenvalue weighted by Gasteiger charge is 2.52. The van der Waals surface area contributed by atoms with Crippen molar-refractivity contribution in [3.63, 3.8) is 0 Å². The zero-order valence-corrected chi connectivity index (χ0v) is 20.9. The van der Waals surface area contributed by atoms with Crippen molar-refractivity contribution in [2.75, 3.05) is 55.7 Å². The minimum Gasteiger partial charge on any atom is -0.493 e. The Bertz CT molecular complexity index is 910. The van der Waals surface area contributed by atoms with Gasteiger partial charge in [-0.1, -0.05) is 0 Å². The van der Waals surface area contributed by atoms with Gasteiger partial charge in [-0.05, 0) is 36.8 Å². The Hall–Kier alpha value is -3.21. The molecule has 0 N–H and O–H groups in total. The van der Waals surface area contributed by atoms with Crippen LogP contribution in [0.2, 0.25) is 0 Å². The molecule has 1 aromatic rings. The number of esters is 2. The lowest BCUT2D eigenvalue weighted by Crippen LogP contribution is -2.57. The Morgan fingerprint density at radius 3 is 2.09 bits per heavy atom. The molecule has 35 heavy (non-hydrogen) atoms. The van der Waals surface area contributed by atoms with Crippen molar-refractivity contribution in [2.45, 2.75) is 25.0 Å². The fraction of sp³-hybridized carbons (Fsp3) is 0.625. The van der Waals surface area contributed by atoms with Gasteiger partial charge in [0.05, 0.1) is 47.0 Å². The first kappa shape index (κ1) is 26.4. The van der Waals surface area contributed by atoms with Crippen molar-refractivity contribution in [3.05, 3.63) is 17.7 Å². The number of likely N-dealkylation sites (tertiary alicyclic amines) is 1. The van der Waals surface area contributed by atoms with E-state index in [4.69, 9.17) is 33.2 Å². The Morgan fingerprint density at radius 1 is 0.914 bits per heavy atom. The van der Waals surface area contributed by atoms with Gasteiger partial charge in [-0.15, -0.1) is 0 Å². The molecule has 194 valence electrons. The van der Waals surface area contributed by atoms with Crippen LogP contribution in [0.3, 0.4) is 0 Å². The third kappa shape index (κ3) is 5.24. The van der Waals surface area contributed by atoms with Crippen molar-refractivity contribution in [1.82, 2.24) is 4.90 Å². The van der Waals surface area contributed by atoms with E-state index in [2.05, 4.69) is 0 Å². The van der Waals surface area contributed by atoms with Crippen LogP contribution in [0.25, 0.3) is 0 Å². The number of hydrogen-bond acceptors (Lipinski definition) is 10. The molecular formula is C24H33NO10. The summed E-state index contributed by atoms with van der Waals surface area (Å²) in [5.74, 6) is -0.983. The van der Waals surface area contributed by atoms with Crippen LogP contribution in [-0.4, -0.2) is 90.9 Å². The Kier molecular flexibility index (Phi) is 8.66. The van der Waals surface area contributed by atoms with Crippen molar-refractivity contribution >= 4 is 18.0 Å². The summed E-state index contributed by atoms with van der Waals surface area (Å²) in [5.41, 5.74) is 0.186. The van der Waals surface area contributed by atoms with Crippen LogP contribution in [0.5, 0.6) is 17.2 Å². The standard InChI is InChI=1S/C24H33NO10/c1-29-16-9-13(10-17(30-2)20(16)31-3)22(26)35-18-11-14-12-25(24(28)34-6)8-7-15(14)19(21(18)32-4)23(27)33-5/h9-10,14-15,18-19,21H,7-8,11-12H2,1-6H3/t14-,15+,18-,19+,21+/m1/s1. The molecule has 2 aliphatic rings. The third-order valence-electron chi connectivity index (χ3n) is 6.85. The molecule has 1 amide bonds. The molecule has 0 bridgehead atoms. The molecule has 1 heterocycles. The summed E-state index contributed by atoms with van der Waals surface area (Å²) in [6, 6.07) is 2.99. The van der Waals surface area contributed by atoms with E-state index < -0.39 is 36.2 Å². The van der Waals surface area contributed by atoms with Gasteiger partial charge in [0.1, 0.15) is 12.2 Å². The summed E-state index contributed by atoms with van der Waals surface area (Å²) in [4.78, 5) is 39.7. The second-order valence-corrected chi connectivity index (χ2v) is 8.47. The number of benzene rings is 1. The van der Waals surface area contributed by atoms with E-state index in [1.165, 1.54) is 54.8 Å². The second kappa shape index (κ2) is 11.5. The lowest BCUT2D eigenvalue weighted by molar-refractivity contribution is -0.173. The maximum absolute atomic E-state index is 13.2. The highest BCUT2D eigenvalue weighted by molar-refractivity contribution is 5.91. The van der Waals surface area contributed by atoms with Gasteiger partial charge in [0.15, 0.2) is 11.5 Å². The zero-order chi connectivity index (χ0) is 25.7. The van der Waals surface area contributed by atoms with Crippen LogP contribution in [0.4, 0.5) is 4.79 Å². The largest absolute Gasteiger partial charge is 0.493 e. The first-order valence-corrected chi connectivity index (χ1v) is 11.3. The average molecular weight is 496 g/mol. The number of fused-ring (bicyclic) bond motifs is 1. The van der Waals surface area contributed by atoms with Crippen LogP contribution >= 0.6 is 0 Å². The molecule has 2 fully saturated rings. The van der Waals surface area contributed by atoms with E-state index in [0.29, 0.717) is 43.2 Å². The maximum Gasteiger partial charge on any atom is 0.409 e. The minimum atomic E-state index is -0.755. The molecule has 1 aliphatic carbocycles. The maximum atomic E-state index is 13.2. The van der Waals surface area contributed by atoms with Crippen molar-refractivity contribution < 1.29 is 47.5 Å². The summed E-state index contributed by atoms with van der Waals surface area (Å²) >= 11 is 0. The highest BCUT2D eigenvalue weighted by atomic mass is 16.6. The summed E-state index contributed by atoms with van der Waals surface area (Å²) in [5, 5.41) is 0. The van der Waals surface area contributed by atoms with Gasteiger partial charge in [-0.2, -0.15) is 0 Å². The van der Waals surface area contributed by atoms with E-state index in [1.807, 2.05) is 0 Å². The van der Waals surface area contributed by atoms with Crippen molar-refractivity contribution in [2.24, 2.45) is 17.8 Å². The molecule has 5 atom stereocenters. The SMILES string of the molecule is COC(=O)[C@H]1[C@H]2CCN(C(=O)OC)C[C@H]2C[C@@H](OC(=O)c2cc(OC)c(OC)c(OC)c2)[C@@H]1OC. The van der Waals surface area contributed by atoms with Gasteiger partial charge in [0.25, 0.3) is 0 Å². The van der Waals surface area contributed by atoms with E-state index in [-0.39, 0.29) is 17.4 Å². The Balaban J connectivity index is 1.90. The predicted octanol–water partition coefficient (Wildman–Crippen LogP) is 2.15. The number of methoxy groups -OCH3 is 6. The second-order valence-electron chi connectivity index (χ2n) is 8.47. The number of hydrogen-bond donors (Lipinski definition) is 0. The highest BCUT2D eigenvalue weighted by Crippen LogP contribution is 2.44.